The van der Waals surface area contributed by atoms with Crippen molar-refractivity contribution in [1.29, 1.82) is 0 Å². The smallest absolute Gasteiger partial charge is 0.320 e. The predicted octanol–water partition coefficient (Wildman–Crippen LogP) is 0.926. The molecule has 1 amide bonds. The van der Waals surface area contributed by atoms with Crippen LogP contribution >= 0.6 is 0 Å². The molecular formula is C15H20N2O4. The van der Waals surface area contributed by atoms with Crippen molar-refractivity contribution in [2.45, 2.75) is 13.0 Å². The molecule has 1 heterocycles. The number of hydrogen-bond acceptors (Lipinski definition) is 4. The first-order chi connectivity index (χ1) is 10.0. The number of aliphatic carboxylic acids is 1. The van der Waals surface area contributed by atoms with Gasteiger partial charge in [0.2, 0.25) is 0 Å². The average Bonchev–Trinajstić information content (AvgIpc) is 2.53. The van der Waals surface area contributed by atoms with Crippen LogP contribution in [-0.4, -0.2) is 66.1 Å². The van der Waals surface area contributed by atoms with Gasteiger partial charge in [-0.25, -0.2) is 0 Å². The zero-order chi connectivity index (χ0) is 15.4. The standard InChI is InChI=1S/C15H20N2O4/c1-11(15(19)20)16-7-9-17(10-8-16)14(18)12-5-3-4-6-13(12)21-2/h3-6,11H,7-10H2,1-2H3,(H,19,20)/t11-/m1/s1. The van der Waals surface area contributed by atoms with Gasteiger partial charge in [0.1, 0.15) is 11.8 Å². The number of piperazine rings is 1. The third-order valence-electron chi connectivity index (χ3n) is 3.84. The molecular weight excluding hydrogens is 272 g/mol. The van der Waals surface area contributed by atoms with Gasteiger partial charge in [-0.2, -0.15) is 0 Å². The molecule has 0 bridgehead atoms. The Morgan fingerprint density at radius 1 is 1.19 bits per heavy atom. The summed E-state index contributed by atoms with van der Waals surface area (Å²) in [5.41, 5.74) is 0.541. The topological polar surface area (TPSA) is 70.1 Å². The number of benzene rings is 1. The summed E-state index contributed by atoms with van der Waals surface area (Å²) in [6.07, 6.45) is 0. The van der Waals surface area contributed by atoms with Gasteiger partial charge in [-0.1, -0.05) is 12.1 Å². The number of carbonyl (C=O) groups is 2. The van der Waals surface area contributed by atoms with E-state index in [1.807, 2.05) is 11.0 Å². The maximum absolute atomic E-state index is 12.5. The minimum absolute atomic E-state index is 0.0740. The second-order valence-electron chi connectivity index (χ2n) is 5.04. The van der Waals surface area contributed by atoms with Gasteiger partial charge < -0.3 is 14.7 Å². The van der Waals surface area contributed by atoms with Gasteiger partial charge in [0.05, 0.1) is 12.7 Å². The van der Waals surface area contributed by atoms with Crippen molar-refractivity contribution in [3.8, 4) is 5.75 Å². The van der Waals surface area contributed by atoms with Crippen molar-refractivity contribution >= 4 is 11.9 Å². The molecule has 1 N–H and O–H groups in total. The largest absolute Gasteiger partial charge is 0.496 e. The summed E-state index contributed by atoms with van der Waals surface area (Å²) >= 11 is 0. The predicted molar refractivity (Wildman–Crippen MR) is 77.6 cm³/mol. The van der Waals surface area contributed by atoms with Gasteiger partial charge in [0.15, 0.2) is 0 Å². The highest BCUT2D eigenvalue weighted by Crippen LogP contribution is 2.20. The monoisotopic (exact) mass is 292 g/mol. The Hall–Kier alpha value is -2.08. The summed E-state index contributed by atoms with van der Waals surface area (Å²) < 4.78 is 5.21. The Morgan fingerprint density at radius 3 is 2.38 bits per heavy atom. The van der Waals surface area contributed by atoms with Crippen LogP contribution in [0, 0.1) is 0 Å². The van der Waals surface area contributed by atoms with Crippen LogP contribution in [0.3, 0.4) is 0 Å². The number of rotatable bonds is 4. The fourth-order valence-corrected chi connectivity index (χ4v) is 2.46. The third-order valence-corrected chi connectivity index (χ3v) is 3.84. The molecule has 1 fully saturated rings. The SMILES string of the molecule is COc1ccccc1C(=O)N1CCN([C@H](C)C(=O)O)CC1. The average molecular weight is 292 g/mol. The number of para-hydroxylation sites is 1. The highest BCUT2D eigenvalue weighted by molar-refractivity contribution is 5.97. The lowest BCUT2D eigenvalue weighted by atomic mass is 10.1. The van der Waals surface area contributed by atoms with E-state index in [1.54, 1.807) is 37.1 Å². The maximum Gasteiger partial charge on any atom is 0.320 e. The Kier molecular flexibility index (Phi) is 4.80. The first-order valence-electron chi connectivity index (χ1n) is 6.93. The fraction of sp³-hybridized carbons (Fsp3) is 0.467. The van der Waals surface area contributed by atoms with E-state index in [9.17, 15) is 9.59 Å². The number of amides is 1. The number of methoxy groups -OCH3 is 1. The fourth-order valence-electron chi connectivity index (χ4n) is 2.46. The normalized spacial score (nSPS) is 17.3. The van der Waals surface area contributed by atoms with E-state index in [0.29, 0.717) is 37.5 Å². The number of carbonyl (C=O) groups excluding carboxylic acids is 1. The van der Waals surface area contributed by atoms with Gasteiger partial charge in [-0.15, -0.1) is 0 Å². The van der Waals surface area contributed by atoms with E-state index in [1.165, 1.54) is 0 Å². The summed E-state index contributed by atoms with van der Waals surface area (Å²) in [5, 5.41) is 9.02. The van der Waals surface area contributed by atoms with Gasteiger partial charge in [-0.3, -0.25) is 14.5 Å². The molecule has 114 valence electrons. The van der Waals surface area contributed by atoms with Gasteiger partial charge in [-0.05, 0) is 19.1 Å². The van der Waals surface area contributed by atoms with Crippen LogP contribution in [0.4, 0.5) is 0 Å². The van der Waals surface area contributed by atoms with E-state index in [2.05, 4.69) is 0 Å². The molecule has 0 radical (unpaired) electrons. The lowest BCUT2D eigenvalue weighted by Gasteiger charge is -2.36. The van der Waals surface area contributed by atoms with Crippen molar-refractivity contribution in [3.63, 3.8) is 0 Å². The lowest BCUT2D eigenvalue weighted by molar-refractivity contribution is -0.143. The molecule has 1 aliphatic rings. The van der Waals surface area contributed by atoms with Crippen molar-refractivity contribution in [2.24, 2.45) is 0 Å². The van der Waals surface area contributed by atoms with Crippen LogP contribution in [0.2, 0.25) is 0 Å². The molecule has 6 nitrogen and oxygen atoms in total. The molecule has 21 heavy (non-hydrogen) atoms. The van der Waals surface area contributed by atoms with Crippen LogP contribution in [0.25, 0.3) is 0 Å². The summed E-state index contributed by atoms with van der Waals surface area (Å²) in [7, 11) is 1.54. The van der Waals surface area contributed by atoms with Crippen LogP contribution in [-0.2, 0) is 4.79 Å². The zero-order valence-corrected chi connectivity index (χ0v) is 12.3. The molecule has 0 saturated carbocycles. The molecule has 0 unspecified atom stereocenters. The first kappa shape index (κ1) is 15.3. The first-order valence-corrected chi connectivity index (χ1v) is 6.93. The molecule has 1 saturated heterocycles. The molecule has 0 aliphatic carbocycles. The highest BCUT2D eigenvalue weighted by Gasteiger charge is 2.28. The minimum atomic E-state index is -0.834. The number of carboxylic acids is 1. The Morgan fingerprint density at radius 2 is 1.81 bits per heavy atom. The molecule has 0 spiro atoms. The molecule has 2 rings (SSSR count). The molecule has 1 aromatic carbocycles. The Balaban J connectivity index is 2.02. The Labute approximate surface area is 123 Å². The third kappa shape index (κ3) is 3.33. The van der Waals surface area contributed by atoms with E-state index >= 15 is 0 Å². The Bertz CT molecular complexity index is 524. The number of hydrogen-bond donors (Lipinski definition) is 1. The molecule has 1 aliphatic heterocycles. The number of ether oxygens (including phenoxy) is 1. The van der Waals surface area contributed by atoms with Crippen LogP contribution in [0.15, 0.2) is 24.3 Å². The van der Waals surface area contributed by atoms with Crippen molar-refractivity contribution in [1.82, 2.24) is 9.80 Å². The van der Waals surface area contributed by atoms with Gasteiger partial charge in [0.25, 0.3) is 5.91 Å². The second kappa shape index (κ2) is 6.58. The molecule has 0 aromatic heterocycles. The zero-order valence-electron chi connectivity index (χ0n) is 12.3. The summed E-state index contributed by atoms with van der Waals surface area (Å²) in [5.74, 6) is -0.349. The summed E-state index contributed by atoms with van der Waals surface area (Å²) in [6.45, 7) is 3.84. The molecule has 6 heteroatoms. The minimum Gasteiger partial charge on any atom is -0.496 e. The summed E-state index contributed by atoms with van der Waals surface area (Å²) in [6, 6.07) is 6.61. The molecule has 1 aromatic rings. The quantitative estimate of drug-likeness (QED) is 0.894. The molecule has 1 atom stereocenters. The maximum atomic E-state index is 12.5. The van der Waals surface area contributed by atoms with E-state index < -0.39 is 12.0 Å². The van der Waals surface area contributed by atoms with Crippen molar-refractivity contribution < 1.29 is 19.4 Å². The van der Waals surface area contributed by atoms with Crippen LogP contribution < -0.4 is 4.74 Å². The number of nitrogens with zero attached hydrogens (tertiary/aromatic N) is 2. The highest BCUT2D eigenvalue weighted by atomic mass is 16.5. The van der Waals surface area contributed by atoms with Crippen molar-refractivity contribution in [2.75, 3.05) is 33.3 Å². The second-order valence-corrected chi connectivity index (χ2v) is 5.04. The lowest BCUT2D eigenvalue weighted by Crippen LogP contribution is -2.53. The van der Waals surface area contributed by atoms with E-state index in [-0.39, 0.29) is 5.91 Å². The van der Waals surface area contributed by atoms with Crippen molar-refractivity contribution in [3.05, 3.63) is 29.8 Å². The van der Waals surface area contributed by atoms with Gasteiger partial charge in [0, 0.05) is 26.2 Å². The van der Waals surface area contributed by atoms with Gasteiger partial charge >= 0.3 is 5.97 Å². The number of carboxylic acid groups (broad SMARTS) is 1. The van der Waals surface area contributed by atoms with Crippen LogP contribution in [0.1, 0.15) is 17.3 Å². The van der Waals surface area contributed by atoms with E-state index in [4.69, 9.17) is 9.84 Å². The van der Waals surface area contributed by atoms with E-state index in [0.717, 1.165) is 0 Å². The summed E-state index contributed by atoms with van der Waals surface area (Å²) in [4.78, 5) is 27.1. The van der Waals surface area contributed by atoms with Crippen LogP contribution in [0.5, 0.6) is 5.75 Å².